The van der Waals surface area contributed by atoms with E-state index in [1.54, 1.807) is 0 Å². The summed E-state index contributed by atoms with van der Waals surface area (Å²) in [6.07, 6.45) is 15.1. The predicted octanol–water partition coefficient (Wildman–Crippen LogP) is 4.95. The van der Waals surface area contributed by atoms with Gasteiger partial charge in [0.15, 0.2) is 0 Å². The van der Waals surface area contributed by atoms with Crippen LogP contribution in [0.15, 0.2) is 0 Å². The molecule has 0 radical (unpaired) electrons. The average Bonchev–Trinajstić information content (AvgIpc) is 0.912. The quantitative estimate of drug-likeness (QED) is 0.0787. The molecule has 0 atom stereocenters. The van der Waals surface area contributed by atoms with Crippen LogP contribution >= 0.6 is 0 Å². The first-order chi connectivity index (χ1) is 67.4. The second-order valence-electron chi connectivity index (χ2n) is 29.7. The van der Waals surface area contributed by atoms with Gasteiger partial charge in [-0.25, -0.2) is 0 Å². The molecule has 1 saturated carbocycles. The maximum absolute atomic E-state index is 8.63. The van der Waals surface area contributed by atoms with E-state index in [4.69, 9.17) is 195 Å². The van der Waals surface area contributed by atoms with Gasteiger partial charge >= 0.3 is 0 Å². The summed E-state index contributed by atoms with van der Waals surface area (Å²) < 4.78 is 222. The van der Waals surface area contributed by atoms with Gasteiger partial charge in [-0.05, 0) is 31.6 Å². The fourth-order valence-corrected chi connectivity index (χ4v) is 11.6. The number of hydrogen-bond acceptors (Lipinski definition) is 41. The summed E-state index contributed by atoms with van der Waals surface area (Å²) in [6, 6.07) is 0. The minimum absolute atomic E-state index is 0.0149. The minimum Gasteiger partial charge on any atom is -0.394 e. The molecule has 1 aliphatic rings. The molecule has 0 aliphatic heterocycles. The van der Waals surface area contributed by atoms with Gasteiger partial charge in [-0.3, -0.25) is 0 Å². The predicted molar refractivity (Wildman–Crippen MR) is 499 cm³/mol. The van der Waals surface area contributed by atoms with Crippen molar-refractivity contribution in [3.63, 3.8) is 0 Å². The standard InChI is InChI=1S/C94H188O41/c1-2-3-4-5-6-7-8-93-9-11-94(12-10-93)135-92-91-134-90-89-133-88-87-132-86-85-131-84-83-130-82-81-129-80-79-128-78-77-127-76-75-126-74-73-125-72-71-124-70-69-123-68-67-122-66-65-121-64-63-120-62-61-119-60-59-118-58-57-117-56-55-116-54-53-115-52-51-114-50-49-113-48-47-112-46-45-111-44-43-110-42-41-109-40-39-108-38-37-107-36-35-106-34-33-105-32-31-104-30-29-103-28-27-102-26-25-101-24-23-100-22-21-99-20-19-98-18-17-97-16-15-96-14-13-95/h93-95H,2-92H2,1H3. The highest BCUT2D eigenvalue weighted by Crippen LogP contribution is 2.30. The Morgan fingerprint density at radius 2 is 0.244 bits per heavy atom. The molecule has 0 aromatic heterocycles. The third-order valence-electron chi connectivity index (χ3n) is 18.7. The van der Waals surface area contributed by atoms with Gasteiger partial charge in [-0.2, -0.15) is 0 Å². The molecule has 41 heteroatoms. The second kappa shape index (κ2) is 125. The fraction of sp³-hybridized carbons (Fsp3) is 1.00. The highest BCUT2D eigenvalue weighted by Gasteiger charge is 2.21. The Morgan fingerprint density at radius 1 is 0.133 bits per heavy atom. The van der Waals surface area contributed by atoms with Gasteiger partial charge in [0.05, 0.1) is 535 Å². The van der Waals surface area contributed by atoms with E-state index < -0.39 is 0 Å². The zero-order chi connectivity index (χ0) is 95.8. The first-order valence-electron chi connectivity index (χ1n) is 50.1. The summed E-state index contributed by atoms with van der Waals surface area (Å²) in [5, 5.41) is 8.63. The maximum atomic E-state index is 8.63. The molecule has 1 fully saturated rings. The van der Waals surface area contributed by atoms with E-state index in [2.05, 4.69) is 6.92 Å². The third-order valence-corrected chi connectivity index (χ3v) is 18.7. The van der Waals surface area contributed by atoms with Crippen molar-refractivity contribution in [3.05, 3.63) is 0 Å². The summed E-state index contributed by atoms with van der Waals surface area (Å²) in [4.78, 5) is 0. The Balaban J connectivity index is 1.58. The van der Waals surface area contributed by atoms with Crippen LogP contribution in [-0.2, 0) is 189 Å². The Morgan fingerprint density at radius 3 is 0.370 bits per heavy atom. The van der Waals surface area contributed by atoms with Crippen molar-refractivity contribution in [2.45, 2.75) is 83.7 Å². The van der Waals surface area contributed by atoms with E-state index in [9.17, 15) is 0 Å². The van der Waals surface area contributed by atoms with Crippen LogP contribution in [0.5, 0.6) is 0 Å². The Bertz CT molecular complexity index is 1960. The lowest BCUT2D eigenvalue weighted by molar-refractivity contribution is -0.0359. The lowest BCUT2D eigenvalue weighted by Crippen LogP contribution is -2.23. The lowest BCUT2D eigenvalue weighted by Gasteiger charge is -2.28. The highest BCUT2D eigenvalue weighted by molar-refractivity contribution is 4.73. The number of rotatable bonds is 127. The van der Waals surface area contributed by atoms with Gasteiger partial charge in [0.2, 0.25) is 0 Å². The molecule has 0 bridgehead atoms. The normalized spacial score (nSPS) is 13.6. The molecule has 0 saturated heterocycles. The maximum Gasteiger partial charge on any atom is 0.0704 e. The van der Waals surface area contributed by atoms with Crippen molar-refractivity contribution in [1.82, 2.24) is 0 Å². The summed E-state index contributed by atoms with van der Waals surface area (Å²) >= 11 is 0. The van der Waals surface area contributed by atoms with Gasteiger partial charge in [-0.15, -0.1) is 0 Å². The van der Waals surface area contributed by atoms with Crippen LogP contribution in [0.1, 0.15) is 77.6 Å². The third kappa shape index (κ3) is 119. The number of aliphatic hydroxyl groups is 1. The molecule has 0 unspecified atom stereocenters. The zero-order valence-electron chi connectivity index (χ0n) is 83.3. The molecule has 0 heterocycles. The van der Waals surface area contributed by atoms with Crippen LogP contribution in [0.4, 0.5) is 0 Å². The van der Waals surface area contributed by atoms with E-state index in [-0.39, 0.29) is 6.61 Å². The summed E-state index contributed by atoms with van der Waals surface area (Å²) in [5.41, 5.74) is 0. The van der Waals surface area contributed by atoms with Gasteiger partial charge in [0, 0.05) is 0 Å². The van der Waals surface area contributed by atoms with Crippen LogP contribution < -0.4 is 0 Å². The van der Waals surface area contributed by atoms with Crippen LogP contribution in [0.3, 0.4) is 0 Å². The monoisotopic (exact) mass is 1970 g/mol. The average molecular weight is 1970 g/mol. The van der Waals surface area contributed by atoms with Crippen molar-refractivity contribution in [1.29, 1.82) is 0 Å². The van der Waals surface area contributed by atoms with Gasteiger partial charge < -0.3 is 195 Å². The second-order valence-corrected chi connectivity index (χ2v) is 29.7. The molecule has 0 aromatic rings. The molecule has 41 nitrogen and oxygen atoms in total. The van der Waals surface area contributed by atoms with Crippen LogP contribution in [0.2, 0.25) is 0 Å². The minimum atomic E-state index is 0.0149. The summed E-state index contributed by atoms with van der Waals surface area (Å²) in [6.45, 7) is 40.7. The van der Waals surface area contributed by atoms with Crippen molar-refractivity contribution < 1.29 is 195 Å². The largest absolute Gasteiger partial charge is 0.394 e. The summed E-state index contributed by atoms with van der Waals surface area (Å²) in [7, 11) is 0. The fourth-order valence-electron chi connectivity index (χ4n) is 11.6. The SMILES string of the molecule is CCCCCCCCC1CCC(OCCOCCOCCOCCOCCOCCOCCOCCOCCOCCOCCOCCOCCOCCOCCOCCOCCOCCOCCOCCOCCOCCOCCOCCOCCOCCOCCOCCOCCOCCOCCOCCOCCOCCOCCOCCOCCOCCOCCOCCO)CC1. The van der Waals surface area contributed by atoms with Gasteiger partial charge in [-0.1, -0.05) is 51.9 Å². The lowest BCUT2D eigenvalue weighted by atomic mass is 9.84. The Kier molecular flexibility index (Phi) is 121. The molecule has 1 rings (SSSR count). The number of aliphatic hydroxyl groups excluding tert-OH is 1. The molecule has 0 spiro atoms. The number of unbranched alkanes of at least 4 members (excludes halogenated alkanes) is 5. The van der Waals surface area contributed by atoms with Crippen LogP contribution in [0.25, 0.3) is 0 Å². The van der Waals surface area contributed by atoms with E-state index in [0.717, 1.165) is 5.92 Å². The van der Waals surface area contributed by atoms with Crippen LogP contribution in [0, 0.1) is 5.92 Å². The smallest absolute Gasteiger partial charge is 0.0704 e. The highest BCUT2D eigenvalue weighted by atomic mass is 16.6. The first kappa shape index (κ1) is 131. The van der Waals surface area contributed by atoms with E-state index in [0.29, 0.717) is 528 Å². The van der Waals surface area contributed by atoms with E-state index in [1.807, 2.05) is 0 Å². The molecular formula is C94H188O41. The Hall–Kier alpha value is -1.64. The molecule has 135 heavy (non-hydrogen) atoms. The van der Waals surface area contributed by atoms with Crippen molar-refractivity contribution >= 4 is 0 Å². The Labute approximate surface area is 809 Å². The molecule has 1 N–H and O–H groups in total. The van der Waals surface area contributed by atoms with Crippen molar-refractivity contribution in [3.8, 4) is 0 Å². The molecule has 1 aliphatic carbocycles. The first-order valence-corrected chi connectivity index (χ1v) is 50.1. The number of ether oxygens (including phenoxy) is 40. The molecular weight excluding hydrogens is 1780 g/mol. The van der Waals surface area contributed by atoms with Crippen molar-refractivity contribution in [2.24, 2.45) is 5.92 Å². The molecule has 810 valence electrons. The van der Waals surface area contributed by atoms with Crippen molar-refractivity contribution in [2.75, 3.05) is 529 Å². The molecule has 0 aromatic carbocycles. The van der Waals surface area contributed by atoms with E-state index in [1.165, 1.54) is 70.6 Å². The topological polar surface area (TPSA) is 389 Å². The number of hydrogen-bond donors (Lipinski definition) is 1. The zero-order valence-corrected chi connectivity index (χ0v) is 83.3. The summed E-state index contributed by atoms with van der Waals surface area (Å²) in [5.74, 6) is 0.906. The molecule has 0 amide bonds. The van der Waals surface area contributed by atoms with Crippen LogP contribution in [-0.4, -0.2) is 540 Å². The van der Waals surface area contributed by atoms with E-state index >= 15 is 0 Å². The van der Waals surface area contributed by atoms with Gasteiger partial charge in [0.1, 0.15) is 0 Å². The van der Waals surface area contributed by atoms with Gasteiger partial charge in [0.25, 0.3) is 0 Å².